The third kappa shape index (κ3) is 6.96. The second-order valence-corrected chi connectivity index (χ2v) is 4.33. The molecule has 0 saturated carbocycles. The van der Waals surface area contributed by atoms with Crippen LogP contribution >= 0.6 is 0 Å². The first-order chi connectivity index (χ1) is 9.42. The molecule has 0 atom stereocenters. The average molecular weight is 308 g/mol. The minimum Gasteiger partial charge on any atom is -0.395 e. The van der Waals surface area contributed by atoms with E-state index in [0.29, 0.717) is 0 Å². The average Bonchev–Trinajstić information content (AvgIpc) is 2.36. The SMILES string of the molecule is C=C(C)C(=O)OC(C)(OCC(F)(F)OC)OC(=O)C(=C)C. The number of hydrogen-bond donors (Lipinski definition) is 0. The van der Waals surface area contributed by atoms with Crippen molar-refractivity contribution in [1.82, 2.24) is 0 Å². The van der Waals surface area contributed by atoms with Crippen molar-refractivity contribution in [2.45, 2.75) is 32.9 Å². The molecule has 0 saturated heterocycles. The Bertz CT molecular complexity index is 416. The first kappa shape index (κ1) is 19.2. The number of ether oxygens (including phenoxy) is 4. The number of methoxy groups -OCH3 is 1. The highest BCUT2D eigenvalue weighted by Crippen LogP contribution is 2.23. The predicted molar refractivity (Wildman–Crippen MR) is 68.1 cm³/mol. The maximum absolute atomic E-state index is 13.0. The fourth-order valence-electron chi connectivity index (χ4n) is 0.865. The predicted octanol–water partition coefficient (Wildman–Crippen LogP) is 2.15. The Morgan fingerprint density at radius 1 is 1.05 bits per heavy atom. The summed E-state index contributed by atoms with van der Waals surface area (Å²) < 4.78 is 44.0. The monoisotopic (exact) mass is 308 g/mol. The molecule has 0 radical (unpaired) electrons. The van der Waals surface area contributed by atoms with Crippen LogP contribution in [0.25, 0.3) is 0 Å². The molecular weight excluding hydrogens is 290 g/mol. The summed E-state index contributed by atoms with van der Waals surface area (Å²) in [6.45, 7) is 8.98. The van der Waals surface area contributed by atoms with Gasteiger partial charge in [-0.3, -0.25) is 4.74 Å². The Morgan fingerprint density at radius 3 is 1.71 bits per heavy atom. The minimum absolute atomic E-state index is 0.0327. The van der Waals surface area contributed by atoms with Crippen LogP contribution in [-0.4, -0.2) is 37.7 Å². The van der Waals surface area contributed by atoms with E-state index < -0.39 is 30.6 Å². The van der Waals surface area contributed by atoms with E-state index in [2.05, 4.69) is 22.6 Å². The number of hydrogen-bond acceptors (Lipinski definition) is 6. The Labute approximate surface area is 121 Å². The summed E-state index contributed by atoms with van der Waals surface area (Å²) in [5.74, 6) is -4.32. The summed E-state index contributed by atoms with van der Waals surface area (Å²) in [5, 5.41) is 0. The van der Waals surface area contributed by atoms with E-state index in [9.17, 15) is 18.4 Å². The van der Waals surface area contributed by atoms with E-state index in [1.165, 1.54) is 13.8 Å². The van der Waals surface area contributed by atoms with Gasteiger partial charge in [-0.25, -0.2) is 9.59 Å². The molecule has 0 bridgehead atoms. The van der Waals surface area contributed by atoms with Gasteiger partial charge in [0.25, 0.3) is 0 Å². The molecule has 0 fully saturated rings. The molecule has 0 heterocycles. The zero-order valence-corrected chi connectivity index (χ0v) is 12.3. The van der Waals surface area contributed by atoms with Gasteiger partial charge in [-0.15, -0.1) is 0 Å². The second-order valence-electron chi connectivity index (χ2n) is 4.33. The minimum atomic E-state index is -3.65. The van der Waals surface area contributed by atoms with E-state index >= 15 is 0 Å². The van der Waals surface area contributed by atoms with Gasteiger partial charge in [0, 0.05) is 25.2 Å². The van der Waals surface area contributed by atoms with Crippen LogP contribution in [0, 0.1) is 0 Å². The van der Waals surface area contributed by atoms with E-state index in [1.807, 2.05) is 0 Å². The first-order valence-electron chi connectivity index (χ1n) is 5.77. The molecule has 21 heavy (non-hydrogen) atoms. The van der Waals surface area contributed by atoms with Gasteiger partial charge in [-0.05, 0) is 13.8 Å². The lowest BCUT2D eigenvalue weighted by Crippen LogP contribution is -2.43. The van der Waals surface area contributed by atoms with Crippen molar-refractivity contribution in [3.63, 3.8) is 0 Å². The van der Waals surface area contributed by atoms with Crippen molar-refractivity contribution in [2.24, 2.45) is 0 Å². The fourth-order valence-corrected chi connectivity index (χ4v) is 0.865. The van der Waals surface area contributed by atoms with Gasteiger partial charge in [0.1, 0.15) is 6.61 Å². The maximum atomic E-state index is 13.0. The number of esters is 2. The molecule has 120 valence electrons. The van der Waals surface area contributed by atoms with Crippen molar-refractivity contribution in [3.8, 4) is 0 Å². The van der Waals surface area contributed by atoms with Gasteiger partial charge in [-0.2, -0.15) is 8.78 Å². The van der Waals surface area contributed by atoms with Gasteiger partial charge in [0.2, 0.25) is 0 Å². The lowest BCUT2D eigenvalue weighted by molar-refractivity contribution is -0.366. The molecule has 0 unspecified atom stereocenters. The quantitative estimate of drug-likeness (QED) is 0.389. The van der Waals surface area contributed by atoms with Crippen LogP contribution in [-0.2, 0) is 28.5 Å². The molecule has 0 aliphatic heterocycles. The summed E-state index contributed by atoms with van der Waals surface area (Å²) >= 11 is 0. The highest BCUT2D eigenvalue weighted by molar-refractivity contribution is 5.88. The molecular formula is C13H18F2O6. The standard InChI is InChI=1S/C13H18F2O6/c1-8(2)10(16)20-12(5,21-11(17)9(3)4)19-7-13(14,15)18-6/h1,3,7H2,2,4-6H3. The van der Waals surface area contributed by atoms with Crippen LogP contribution in [0.15, 0.2) is 24.3 Å². The van der Waals surface area contributed by atoms with Crippen molar-refractivity contribution in [3.05, 3.63) is 24.3 Å². The first-order valence-corrected chi connectivity index (χ1v) is 5.77. The molecule has 0 aromatic rings. The summed E-state index contributed by atoms with van der Waals surface area (Å²) in [5.41, 5.74) is -0.0654. The Kier molecular flexibility index (Phi) is 6.65. The highest BCUT2D eigenvalue weighted by Gasteiger charge is 2.40. The van der Waals surface area contributed by atoms with E-state index in [-0.39, 0.29) is 11.1 Å². The normalized spacial score (nSPS) is 11.7. The zero-order valence-electron chi connectivity index (χ0n) is 12.3. The van der Waals surface area contributed by atoms with Crippen LogP contribution in [0.4, 0.5) is 8.78 Å². The molecule has 0 amide bonds. The van der Waals surface area contributed by atoms with Crippen molar-refractivity contribution in [1.29, 1.82) is 0 Å². The number of carbonyl (C=O) groups is 2. The van der Waals surface area contributed by atoms with Gasteiger partial charge >= 0.3 is 24.0 Å². The molecule has 0 spiro atoms. The van der Waals surface area contributed by atoms with Crippen LogP contribution in [0.1, 0.15) is 20.8 Å². The maximum Gasteiger partial charge on any atom is 0.379 e. The van der Waals surface area contributed by atoms with Crippen molar-refractivity contribution in [2.75, 3.05) is 13.7 Å². The molecule has 8 heteroatoms. The van der Waals surface area contributed by atoms with Crippen molar-refractivity contribution >= 4 is 11.9 Å². The van der Waals surface area contributed by atoms with E-state index in [1.54, 1.807) is 0 Å². The number of halogens is 2. The summed E-state index contributed by atoms with van der Waals surface area (Å²) in [7, 11) is 0.764. The second kappa shape index (κ2) is 7.28. The van der Waals surface area contributed by atoms with Crippen LogP contribution in [0.2, 0.25) is 0 Å². The fraction of sp³-hybridized carbons (Fsp3) is 0.538. The van der Waals surface area contributed by atoms with Gasteiger partial charge < -0.3 is 14.2 Å². The Balaban J connectivity index is 5.07. The highest BCUT2D eigenvalue weighted by atomic mass is 19.3. The summed E-state index contributed by atoms with van der Waals surface area (Å²) in [4.78, 5) is 22.9. The number of rotatable bonds is 8. The van der Waals surface area contributed by atoms with Gasteiger partial charge in [0.05, 0.1) is 0 Å². The summed E-state index contributed by atoms with van der Waals surface area (Å²) in [6.07, 6.45) is -3.65. The smallest absolute Gasteiger partial charge is 0.379 e. The third-order valence-electron chi connectivity index (χ3n) is 2.05. The summed E-state index contributed by atoms with van der Waals surface area (Å²) in [6, 6.07) is 0. The molecule has 0 aromatic heterocycles. The van der Waals surface area contributed by atoms with Gasteiger partial charge in [-0.1, -0.05) is 13.2 Å². The van der Waals surface area contributed by atoms with E-state index in [4.69, 9.17) is 9.47 Å². The molecule has 0 aliphatic carbocycles. The molecule has 0 aliphatic rings. The lowest BCUT2D eigenvalue weighted by atomic mass is 10.3. The largest absolute Gasteiger partial charge is 0.395 e. The van der Waals surface area contributed by atoms with Crippen molar-refractivity contribution < 1.29 is 37.3 Å². The van der Waals surface area contributed by atoms with Gasteiger partial charge in [0.15, 0.2) is 0 Å². The molecule has 0 aromatic carbocycles. The van der Waals surface area contributed by atoms with E-state index in [0.717, 1.165) is 14.0 Å². The van der Waals surface area contributed by atoms with Crippen LogP contribution < -0.4 is 0 Å². The number of alkyl halides is 2. The lowest BCUT2D eigenvalue weighted by Gasteiger charge is -2.29. The third-order valence-corrected chi connectivity index (χ3v) is 2.05. The Morgan fingerprint density at radius 2 is 1.43 bits per heavy atom. The molecule has 0 N–H and O–H groups in total. The molecule has 0 rings (SSSR count). The Hall–Kier alpha value is -1.80. The topological polar surface area (TPSA) is 71.1 Å². The molecule has 6 nitrogen and oxygen atoms in total. The van der Waals surface area contributed by atoms with Crippen LogP contribution in [0.3, 0.4) is 0 Å². The zero-order chi connectivity index (χ0) is 16.8. The van der Waals surface area contributed by atoms with Crippen LogP contribution in [0.5, 0.6) is 0 Å². The number of carbonyl (C=O) groups excluding carboxylic acids is 2.